The second-order valence-electron chi connectivity index (χ2n) is 7.45. The minimum absolute atomic E-state index is 0.0393. The Morgan fingerprint density at radius 2 is 1.59 bits per heavy atom. The van der Waals surface area contributed by atoms with Crippen LogP contribution in [-0.4, -0.2) is 35.2 Å². The summed E-state index contributed by atoms with van der Waals surface area (Å²) in [5.74, 6) is 0.00828. The minimum atomic E-state index is -3.90. The van der Waals surface area contributed by atoms with Crippen LogP contribution in [0.3, 0.4) is 0 Å². The molecule has 2 rings (SSSR count). The van der Waals surface area contributed by atoms with Gasteiger partial charge in [0.25, 0.3) is 0 Å². The zero-order valence-electron chi connectivity index (χ0n) is 17.3. The lowest BCUT2D eigenvalue weighted by molar-refractivity contribution is -0.143. The number of benzene rings is 2. The van der Waals surface area contributed by atoms with Crippen molar-refractivity contribution in [2.24, 2.45) is 0 Å². The van der Waals surface area contributed by atoms with Gasteiger partial charge in [-0.15, -0.1) is 0 Å². The Morgan fingerprint density at radius 1 is 0.966 bits per heavy atom. The second-order valence-corrected chi connectivity index (χ2v) is 9.22. The molecule has 2 aromatic rings. The number of esters is 1. The van der Waals surface area contributed by atoms with E-state index in [1.807, 2.05) is 24.3 Å². The lowest BCUT2D eigenvalue weighted by Crippen LogP contribution is -2.30. The molecule has 8 heteroatoms. The van der Waals surface area contributed by atoms with Crippen LogP contribution in [0.2, 0.25) is 0 Å². The molecule has 0 fully saturated rings. The van der Waals surface area contributed by atoms with Gasteiger partial charge in [0.1, 0.15) is 13.2 Å². The van der Waals surface area contributed by atoms with Crippen LogP contribution in [-0.2, 0) is 31.6 Å². The standard InChI is InChI=1S/C21H27NO6S/c1-21(2,3)16-8-6-15(7-9-16)14-28-20(23)13-22-29(24,25)17-10-11-18(26-4)19(12-17)27-5/h6-12,22H,13-14H2,1-5H3. The van der Waals surface area contributed by atoms with Gasteiger partial charge in [-0.3, -0.25) is 4.79 Å². The monoisotopic (exact) mass is 421 g/mol. The van der Waals surface area contributed by atoms with Crippen molar-refractivity contribution < 1.29 is 27.4 Å². The molecule has 0 unspecified atom stereocenters. The molecule has 0 aromatic heterocycles. The Morgan fingerprint density at radius 3 is 2.14 bits per heavy atom. The first-order valence-electron chi connectivity index (χ1n) is 9.03. The number of nitrogens with one attached hydrogen (secondary N) is 1. The number of rotatable bonds is 8. The summed E-state index contributed by atoms with van der Waals surface area (Å²) in [5.41, 5.74) is 2.04. The Balaban J connectivity index is 1.93. The van der Waals surface area contributed by atoms with Gasteiger partial charge < -0.3 is 14.2 Å². The van der Waals surface area contributed by atoms with E-state index in [9.17, 15) is 13.2 Å². The quantitative estimate of drug-likeness (QED) is 0.659. The average molecular weight is 422 g/mol. The zero-order valence-corrected chi connectivity index (χ0v) is 18.1. The SMILES string of the molecule is COc1ccc(S(=O)(=O)NCC(=O)OCc2ccc(C(C)(C)C)cc2)cc1OC. The Kier molecular flexibility index (Phi) is 7.26. The van der Waals surface area contributed by atoms with E-state index in [2.05, 4.69) is 25.5 Å². The van der Waals surface area contributed by atoms with Crippen LogP contribution < -0.4 is 14.2 Å². The molecule has 29 heavy (non-hydrogen) atoms. The number of carbonyl (C=O) groups excluding carboxylic acids is 1. The number of ether oxygens (including phenoxy) is 3. The van der Waals surface area contributed by atoms with Crippen molar-refractivity contribution in [3.63, 3.8) is 0 Å². The van der Waals surface area contributed by atoms with E-state index in [4.69, 9.17) is 14.2 Å². The second kappa shape index (κ2) is 9.28. The summed E-state index contributed by atoms with van der Waals surface area (Å²) in [6.45, 7) is 5.95. The summed E-state index contributed by atoms with van der Waals surface area (Å²) in [7, 11) is -1.04. The topological polar surface area (TPSA) is 90.9 Å². The smallest absolute Gasteiger partial charge is 0.321 e. The van der Waals surface area contributed by atoms with Gasteiger partial charge in [0.05, 0.1) is 19.1 Å². The van der Waals surface area contributed by atoms with Gasteiger partial charge in [0.2, 0.25) is 10.0 Å². The molecule has 2 aromatic carbocycles. The third kappa shape index (κ3) is 6.20. The molecule has 0 aliphatic heterocycles. The summed E-state index contributed by atoms with van der Waals surface area (Å²) in [6, 6.07) is 11.9. The third-order valence-corrected chi connectivity index (χ3v) is 5.69. The van der Waals surface area contributed by atoms with Crippen molar-refractivity contribution in [1.82, 2.24) is 4.72 Å². The van der Waals surface area contributed by atoms with E-state index >= 15 is 0 Å². The maximum atomic E-state index is 12.4. The van der Waals surface area contributed by atoms with Gasteiger partial charge in [-0.2, -0.15) is 4.72 Å². The first-order chi connectivity index (χ1) is 13.6. The maximum Gasteiger partial charge on any atom is 0.321 e. The molecule has 158 valence electrons. The highest BCUT2D eigenvalue weighted by atomic mass is 32.2. The molecule has 7 nitrogen and oxygen atoms in total. The maximum absolute atomic E-state index is 12.4. The minimum Gasteiger partial charge on any atom is -0.493 e. The molecule has 0 saturated heterocycles. The largest absolute Gasteiger partial charge is 0.493 e. The van der Waals surface area contributed by atoms with E-state index in [1.165, 1.54) is 38.0 Å². The van der Waals surface area contributed by atoms with Gasteiger partial charge in [-0.05, 0) is 28.7 Å². The van der Waals surface area contributed by atoms with Gasteiger partial charge in [0.15, 0.2) is 11.5 Å². The normalized spacial score (nSPS) is 11.8. The lowest BCUT2D eigenvalue weighted by Gasteiger charge is -2.19. The third-order valence-electron chi connectivity index (χ3n) is 4.29. The highest BCUT2D eigenvalue weighted by molar-refractivity contribution is 7.89. The van der Waals surface area contributed by atoms with Gasteiger partial charge in [-0.1, -0.05) is 45.0 Å². The molecule has 0 heterocycles. The first-order valence-corrected chi connectivity index (χ1v) is 10.5. The van der Waals surface area contributed by atoms with Gasteiger partial charge >= 0.3 is 5.97 Å². The van der Waals surface area contributed by atoms with Crippen molar-refractivity contribution in [2.75, 3.05) is 20.8 Å². The summed E-state index contributed by atoms with van der Waals surface area (Å²) >= 11 is 0. The molecular weight excluding hydrogens is 394 g/mol. The van der Waals surface area contributed by atoms with E-state index in [0.29, 0.717) is 5.75 Å². The molecule has 0 atom stereocenters. The highest BCUT2D eigenvalue weighted by Crippen LogP contribution is 2.29. The van der Waals surface area contributed by atoms with E-state index in [0.717, 1.165) is 5.56 Å². The van der Waals surface area contributed by atoms with Crippen LogP contribution in [0.5, 0.6) is 11.5 Å². The molecule has 0 spiro atoms. The van der Waals surface area contributed by atoms with Crippen LogP contribution in [0, 0.1) is 0 Å². The number of carbonyl (C=O) groups is 1. The number of methoxy groups -OCH3 is 2. The number of hydrogen-bond donors (Lipinski definition) is 1. The highest BCUT2D eigenvalue weighted by Gasteiger charge is 2.19. The first kappa shape index (κ1) is 22.7. The predicted molar refractivity (Wildman–Crippen MR) is 110 cm³/mol. The molecule has 0 aliphatic carbocycles. The van der Waals surface area contributed by atoms with Gasteiger partial charge in [0, 0.05) is 6.07 Å². The zero-order chi connectivity index (χ0) is 21.7. The van der Waals surface area contributed by atoms with Crippen LogP contribution in [0.1, 0.15) is 31.9 Å². The van der Waals surface area contributed by atoms with Crippen LogP contribution in [0.25, 0.3) is 0 Å². The van der Waals surface area contributed by atoms with Crippen LogP contribution in [0.4, 0.5) is 0 Å². The molecule has 0 aliphatic rings. The summed E-state index contributed by atoms with van der Waals surface area (Å²) in [6.07, 6.45) is 0. The fourth-order valence-corrected chi connectivity index (χ4v) is 3.52. The van der Waals surface area contributed by atoms with Crippen molar-refractivity contribution >= 4 is 16.0 Å². The van der Waals surface area contributed by atoms with E-state index in [-0.39, 0.29) is 22.7 Å². The molecule has 0 radical (unpaired) electrons. The summed E-state index contributed by atoms with van der Waals surface area (Å²) in [4.78, 5) is 11.9. The van der Waals surface area contributed by atoms with Crippen molar-refractivity contribution in [1.29, 1.82) is 0 Å². The fourth-order valence-electron chi connectivity index (χ4n) is 2.54. The van der Waals surface area contributed by atoms with Crippen molar-refractivity contribution in [3.8, 4) is 11.5 Å². The van der Waals surface area contributed by atoms with Crippen molar-refractivity contribution in [2.45, 2.75) is 37.7 Å². The summed E-state index contributed by atoms with van der Waals surface area (Å²) in [5, 5.41) is 0. The van der Waals surface area contributed by atoms with Crippen molar-refractivity contribution in [3.05, 3.63) is 53.6 Å². The van der Waals surface area contributed by atoms with E-state index < -0.39 is 22.5 Å². The molecule has 0 bridgehead atoms. The Bertz CT molecular complexity index is 946. The molecular formula is C21H27NO6S. The van der Waals surface area contributed by atoms with E-state index in [1.54, 1.807) is 0 Å². The number of sulfonamides is 1. The molecule has 0 amide bonds. The molecule has 1 N–H and O–H groups in total. The van der Waals surface area contributed by atoms with Crippen LogP contribution in [0.15, 0.2) is 47.4 Å². The lowest BCUT2D eigenvalue weighted by atomic mass is 9.87. The summed E-state index contributed by atoms with van der Waals surface area (Å²) < 4.78 is 42.4. The average Bonchev–Trinajstić information content (AvgIpc) is 2.69. The fraction of sp³-hybridized carbons (Fsp3) is 0.381. The Hall–Kier alpha value is -2.58. The van der Waals surface area contributed by atoms with Gasteiger partial charge in [-0.25, -0.2) is 8.42 Å². The Labute approximate surface area is 172 Å². The number of hydrogen-bond acceptors (Lipinski definition) is 6. The van der Waals surface area contributed by atoms with Crippen LogP contribution >= 0.6 is 0 Å². The molecule has 0 saturated carbocycles. The predicted octanol–water partition coefficient (Wildman–Crippen LogP) is 3.02.